The van der Waals surface area contributed by atoms with Crippen LogP contribution in [0.15, 0.2) is 78.5 Å². The molecule has 0 saturated carbocycles. The van der Waals surface area contributed by atoms with E-state index in [-0.39, 0.29) is 11.6 Å². The van der Waals surface area contributed by atoms with E-state index >= 15 is 0 Å². The number of hydrogen-bond acceptors (Lipinski definition) is 4. The Kier molecular flexibility index (Phi) is 5.58. The minimum absolute atomic E-state index is 0.240. The van der Waals surface area contributed by atoms with E-state index in [9.17, 15) is 9.59 Å². The molecule has 3 aromatic carbocycles. The fraction of sp³-hybridized carbons (Fsp3) is 0.154. The second kappa shape index (κ2) is 8.48. The zero-order chi connectivity index (χ0) is 22.0. The van der Waals surface area contributed by atoms with Gasteiger partial charge in [0.05, 0.1) is 23.6 Å². The first-order valence-electron chi connectivity index (χ1n) is 10.3. The molecule has 5 heteroatoms. The van der Waals surface area contributed by atoms with Gasteiger partial charge in [-0.05, 0) is 61.7 Å². The molecule has 1 aliphatic rings. The summed E-state index contributed by atoms with van der Waals surface area (Å²) in [7, 11) is 0. The van der Waals surface area contributed by atoms with Crippen LogP contribution in [0, 0.1) is 13.8 Å². The summed E-state index contributed by atoms with van der Waals surface area (Å²) >= 11 is 0. The molecule has 1 heterocycles. The number of ether oxygens (including phenoxy) is 1. The van der Waals surface area contributed by atoms with Gasteiger partial charge in [0.2, 0.25) is 0 Å². The molecule has 1 aliphatic heterocycles. The molecule has 3 aromatic rings. The first-order chi connectivity index (χ1) is 15.0. The molecule has 0 aromatic heterocycles. The van der Waals surface area contributed by atoms with Gasteiger partial charge in [-0.1, -0.05) is 48.5 Å². The van der Waals surface area contributed by atoms with E-state index < -0.39 is 5.91 Å². The largest absolute Gasteiger partial charge is 0.492 e. The number of carbonyl (C=O) groups is 2. The molecule has 0 saturated heterocycles. The lowest BCUT2D eigenvalue weighted by atomic mass is 9.99. The third-order valence-electron chi connectivity index (χ3n) is 5.34. The van der Waals surface area contributed by atoms with E-state index in [2.05, 4.69) is 5.32 Å². The molecule has 4 rings (SSSR count). The van der Waals surface area contributed by atoms with Crippen LogP contribution in [0.25, 0.3) is 5.57 Å². The highest BCUT2D eigenvalue weighted by Crippen LogP contribution is 2.36. The summed E-state index contributed by atoms with van der Waals surface area (Å²) in [5, 5.41) is 3.20. The van der Waals surface area contributed by atoms with Crippen LogP contribution >= 0.6 is 0 Å². The van der Waals surface area contributed by atoms with Crippen LogP contribution in [0.2, 0.25) is 0 Å². The SMILES string of the molecule is CCOc1ccccc1NC1=C(c2ccc(C)c(C)c2)C(=O)N(c2ccccc2)C1=O. The molecular formula is C26H24N2O3. The molecular weight excluding hydrogens is 388 g/mol. The zero-order valence-corrected chi connectivity index (χ0v) is 17.8. The third-order valence-corrected chi connectivity index (χ3v) is 5.34. The molecule has 5 nitrogen and oxygen atoms in total. The van der Waals surface area contributed by atoms with Gasteiger partial charge in [-0.2, -0.15) is 0 Å². The zero-order valence-electron chi connectivity index (χ0n) is 17.8. The lowest BCUT2D eigenvalue weighted by molar-refractivity contribution is -0.120. The number of benzene rings is 3. The van der Waals surface area contributed by atoms with Crippen LogP contribution in [0.1, 0.15) is 23.6 Å². The number of rotatable bonds is 6. The smallest absolute Gasteiger partial charge is 0.282 e. The Morgan fingerprint density at radius 3 is 2.26 bits per heavy atom. The van der Waals surface area contributed by atoms with Crippen LogP contribution in [-0.4, -0.2) is 18.4 Å². The molecule has 156 valence electrons. The highest BCUT2D eigenvalue weighted by atomic mass is 16.5. The number of hydrogen-bond donors (Lipinski definition) is 1. The molecule has 0 radical (unpaired) electrons. The van der Waals surface area contributed by atoms with Gasteiger partial charge in [-0.3, -0.25) is 9.59 Å². The minimum Gasteiger partial charge on any atom is -0.492 e. The topological polar surface area (TPSA) is 58.6 Å². The Bertz CT molecular complexity index is 1180. The average molecular weight is 412 g/mol. The maximum atomic E-state index is 13.5. The second-order valence-corrected chi connectivity index (χ2v) is 7.38. The number of carbonyl (C=O) groups excluding carboxylic acids is 2. The normalized spacial score (nSPS) is 13.7. The van der Waals surface area contributed by atoms with Gasteiger partial charge in [0.1, 0.15) is 11.4 Å². The van der Waals surface area contributed by atoms with Crippen molar-refractivity contribution in [3.63, 3.8) is 0 Å². The van der Waals surface area contributed by atoms with E-state index in [1.54, 1.807) is 24.3 Å². The van der Waals surface area contributed by atoms with Crippen molar-refractivity contribution in [1.29, 1.82) is 0 Å². The lowest BCUT2D eigenvalue weighted by Crippen LogP contribution is -2.32. The molecule has 0 spiro atoms. The van der Waals surface area contributed by atoms with Crippen molar-refractivity contribution >= 4 is 28.8 Å². The van der Waals surface area contributed by atoms with Crippen LogP contribution in [-0.2, 0) is 9.59 Å². The second-order valence-electron chi connectivity index (χ2n) is 7.38. The number of nitrogens with one attached hydrogen (secondary N) is 1. The Morgan fingerprint density at radius 2 is 1.55 bits per heavy atom. The first-order valence-corrected chi connectivity index (χ1v) is 10.3. The summed E-state index contributed by atoms with van der Waals surface area (Å²) in [5.41, 5.74) is 4.64. The molecule has 0 atom stereocenters. The summed E-state index contributed by atoms with van der Waals surface area (Å²) in [5.74, 6) is -0.123. The monoisotopic (exact) mass is 412 g/mol. The number of anilines is 2. The number of imide groups is 1. The molecule has 1 N–H and O–H groups in total. The Labute approximate surface area is 182 Å². The fourth-order valence-corrected chi connectivity index (χ4v) is 3.61. The predicted molar refractivity (Wildman–Crippen MR) is 123 cm³/mol. The molecule has 0 aliphatic carbocycles. The van der Waals surface area contributed by atoms with Gasteiger partial charge in [0, 0.05) is 0 Å². The predicted octanol–water partition coefficient (Wildman–Crippen LogP) is 5.10. The van der Waals surface area contributed by atoms with E-state index in [1.165, 1.54) is 4.90 Å². The third kappa shape index (κ3) is 3.82. The number of aryl methyl sites for hydroxylation is 2. The molecule has 2 amide bonds. The van der Waals surface area contributed by atoms with Crippen molar-refractivity contribution in [3.8, 4) is 5.75 Å². The van der Waals surface area contributed by atoms with Crippen LogP contribution < -0.4 is 15.0 Å². The maximum absolute atomic E-state index is 13.5. The minimum atomic E-state index is -0.393. The van der Waals surface area contributed by atoms with Crippen LogP contribution in [0.3, 0.4) is 0 Å². The summed E-state index contributed by atoms with van der Waals surface area (Å²) in [6.45, 7) is 6.40. The van der Waals surface area contributed by atoms with Gasteiger partial charge in [-0.15, -0.1) is 0 Å². The summed E-state index contributed by atoms with van der Waals surface area (Å²) < 4.78 is 5.70. The van der Waals surface area contributed by atoms with Gasteiger partial charge in [-0.25, -0.2) is 4.90 Å². The van der Waals surface area contributed by atoms with E-state index in [0.717, 1.165) is 11.1 Å². The first kappa shape index (κ1) is 20.4. The highest BCUT2D eigenvalue weighted by molar-refractivity contribution is 6.46. The lowest BCUT2D eigenvalue weighted by Gasteiger charge is -2.16. The maximum Gasteiger partial charge on any atom is 0.282 e. The van der Waals surface area contributed by atoms with E-state index in [0.29, 0.717) is 34.9 Å². The van der Waals surface area contributed by atoms with Crippen molar-refractivity contribution in [1.82, 2.24) is 0 Å². The van der Waals surface area contributed by atoms with Crippen molar-refractivity contribution in [2.75, 3.05) is 16.8 Å². The Balaban J connectivity index is 1.85. The summed E-state index contributed by atoms with van der Waals surface area (Å²) in [4.78, 5) is 28.2. The van der Waals surface area contributed by atoms with Gasteiger partial charge < -0.3 is 10.1 Å². The van der Waals surface area contributed by atoms with Crippen molar-refractivity contribution in [2.24, 2.45) is 0 Å². The van der Waals surface area contributed by atoms with Crippen molar-refractivity contribution in [2.45, 2.75) is 20.8 Å². The molecule has 0 fully saturated rings. The molecule has 0 bridgehead atoms. The fourth-order valence-electron chi connectivity index (χ4n) is 3.61. The highest BCUT2D eigenvalue weighted by Gasteiger charge is 2.40. The van der Waals surface area contributed by atoms with Gasteiger partial charge in [0.15, 0.2) is 0 Å². The van der Waals surface area contributed by atoms with Gasteiger partial charge >= 0.3 is 0 Å². The Hall–Kier alpha value is -3.86. The van der Waals surface area contributed by atoms with Gasteiger partial charge in [0.25, 0.3) is 11.8 Å². The van der Waals surface area contributed by atoms with Crippen molar-refractivity contribution in [3.05, 3.63) is 95.2 Å². The van der Waals surface area contributed by atoms with E-state index in [1.807, 2.05) is 69.3 Å². The average Bonchev–Trinajstić information content (AvgIpc) is 3.02. The number of para-hydroxylation sites is 3. The number of amides is 2. The standard InChI is InChI=1S/C26H24N2O3/c1-4-31-22-13-9-8-12-21(22)27-24-23(19-15-14-17(2)18(3)16-19)25(29)28(26(24)30)20-10-6-5-7-11-20/h5-16,27H,4H2,1-3H3. The molecule has 0 unspecified atom stereocenters. The molecule has 31 heavy (non-hydrogen) atoms. The van der Waals surface area contributed by atoms with Crippen LogP contribution in [0.5, 0.6) is 5.75 Å². The van der Waals surface area contributed by atoms with E-state index in [4.69, 9.17) is 4.74 Å². The van der Waals surface area contributed by atoms with Crippen molar-refractivity contribution < 1.29 is 14.3 Å². The van der Waals surface area contributed by atoms with Crippen LogP contribution in [0.4, 0.5) is 11.4 Å². The summed E-state index contributed by atoms with van der Waals surface area (Å²) in [6.07, 6.45) is 0. The number of nitrogens with zero attached hydrogens (tertiary/aromatic N) is 1. The Morgan fingerprint density at radius 1 is 0.839 bits per heavy atom. The quantitative estimate of drug-likeness (QED) is 0.573. The summed E-state index contributed by atoms with van der Waals surface area (Å²) in [6, 6.07) is 22.2.